The summed E-state index contributed by atoms with van der Waals surface area (Å²) in [6.45, 7) is 6.67. The molecule has 1 aromatic heterocycles. The van der Waals surface area contributed by atoms with Gasteiger partial charge in [0.05, 0.1) is 24.2 Å². The van der Waals surface area contributed by atoms with E-state index in [2.05, 4.69) is 4.72 Å². The number of nitrogens with one attached hydrogen (secondary N) is 1. The molecule has 0 bridgehead atoms. The van der Waals surface area contributed by atoms with Gasteiger partial charge in [-0.15, -0.1) is 0 Å². The zero-order valence-electron chi connectivity index (χ0n) is 18.5. The molecule has 0 fully saturated rings. The molecule has 170 valence electrons. The van der Waals surface area contributed by atoms with E-state index in [0.29, 0.717) is 39.6 Å². The number of pyridine rings is 1. The van der Waals surface area contributed by atoms with Crippen LogP contribution in [0.1, 0.15) is 23.6 Å². The molecule has 2 aromatic carbocycles. The van der Waals surface area contributed by atoms with Crippen molar-refractivity contribution in [2.45, 2.75) is 27.7 Å². The van der Waals surface area contributed by atoms with E-state index < -0.39 is 10.0 Å². The molecule has 0 aliphatic carbocycles. The molecule has 1 N–H and O–H groups in total. The first kappa shape index (κ1) is 23.3. The predicted octanol–water partition coefficient (Wildman–Crippen LogP) is 4.46. The zero-order valence-corrected chi connectivity index (χ0v) is 19.3. The molecular weight excluding hydrogens is 435 g/mol. The van der Waals surface area contributed by atoms with Crippen molar-refractivity contribution in [3.63, 3.8) is 0 Å². The van der Waals surface area contributed by atoms with Crippen LogP contribution in [0.4, 0.5) is 10.1 Å². The summed E-state index contributed by atoms with van der Waals surface area (Å²) in [5.74, 6) is 0.632. The molecule has 0 spiro atoms. The van der Waals surface area contributed by atoms with E-state index in [9.17, 15) is 17.6 Å². The van der Waals surface area contributed by atoms with Gasteiger partial charge in [-0.05, 0) is 69.2 Å². The lowest BCUT2D eigenvalue weighted by molar-refractivity contribution is 0.383. The number of nitrogens with zero attached hydrogens (tertiary/aromatic N) is 1. The van der Waals surface area contributed by atoms with Gasteiger partial charge in [-0.3, -0.25) is 14.1 Å². The molecule has 0 amide bonds. The maximum atomic E-state index is 13.7. The molecule has 3 rings (SSSR count). The Kier molecular flexibility index (Phi) is 6.59. The Morgan fingerprint density at radius 1 is 1.03 bits per heavy atom. The van der Waals surface area contributed by atoms with Crippen molar-refractivity contribution in [2.24, 2.45) is 0 Å². The summed E-state index contributed by atoms with van der Waals surface area (Å²) in [6.07, 6.45) is 1.59. The molecule has 0 unspecified atom stereocenters. The molecule has 7 nitrogen and oxygen atoms in total. The van der Waals surface area contributed by atoms with E-state index in [1.54, 1.807) is 49.7 Å². The van der Waals surface area contributed by atoms with Gasteiger partial charge in [0.25, 0.3) is 0 Å². The number of halogens is 1. The number of methoxy groups -OCH3 is 1. The highest BCUT2D eigenvalue weighted by Crippen LogP contribution is 2.36. The predicted molar refractivity (Wildman–Crippen MR) is 122 cm³/mol. The SMILES string of the molecule is CCS(=O)(=O)Nc1ccc(Oc2c(C)cc(F)cc2C)c(-n2cc(C)c(=O)cc2OC)c1. The highest BCUT2D eigenvalue weighted by molar-refractivity contribution is 7.92. The molecule has 9 heteroatoms. The Morgan fingerprint density at radius 3 is 2.28 bits per heavy atom. The minimum atomic E-state index is -3.51. The van der Waals surface area contributed by atoms with E-state index in [-0.39, 0.29) is 22.9 Å². The number of aromatic nitrogens is 1. The lowest BCUT2D eigenvalue weighted by Crippen LogP contribution is -2.15. The number of benzene rings is 2. The Hall–Kier alpha value is -3.33. The Balaban J connectivity index is 2.23. The van der Waals surface area contributed by atoms with E-state index in [4.69, 9.17) is 9.47 Å². The number of anilines is 1. The summed E-state index contributed by atoms with van der Waals surface area (Å²) in [5, 5.41) is 0. The minimum absolute atomic E-state index is 0.0883. The third-order valence-electron chi connectivity index (χ3n) is 4.92. The molecular formula is C23H25FN2O5S. The number of aryl methyl sites for hydroxylation is 3. The second kappa shape index (κ2) is 9.04. The van der Waals surface area contributed by atoms with Crippen molar-refractivity contribution in [3.05, 3.63) is 75.3 Å². The summed E-state index contributed by atoms with van der Waals surface area (Å²) in [5.41, 5.74) is 2.23. The van der Waals surface area contributed by atoms with Crippen LogP contribution in [0.5, 0.6) is 17.4 Å². The van der Waals surface area contributed by atoms with Crippen molar-refractivity contribution in [1.29, 1.82) is 0 Å². The van der Waals surface area contributed by atoms with Crippen LogP contribution in [0.2, 0.25) is 0 Å². The molecule has 0 radical (unpaired) electrons. The van der Waals surface area contributed by atoms with Crippen LogP contribution in [0.3, 0.4) is 0 Å². The summed E-state index contributed by atoms with van der Waals surface area (Å²) >= 11 is 0. The normalized spacial score (nSPS) is 11.3. The van der Waals surface area contributed by atoms with Crippen molar-refractivity contribution in [1.82, 2.24) is 4.57 Å². The first-order valence-corrected chi connectivity index (χ1v) is 11.6. The van der Waals surface area contributed by atoms with E-state index in [1.165, 1.54) is 32.2 Å². The molecule has 0 aliphatic heterocycles. The van der Waals surface area contributed by atoms with Gasteiger partial charge in [0, 0.05) is 17.8 Å². The van der Waals surface area contributed by atoms with Crippen molar-refractivity contribution >= 4 is 15.7 Å². The molecule has 0 aliphatic rings. The van der Waals surface area contributed by atoms with Crippen LogP contribution in [-0.4, -0.2) is 25.8 Å². The van der Waals surface area contributed by atoms with Gasteiger partial charge < -0.3 is 9.47 Å². The fourth-order valence-corrected chi connectivity index (χ4v) is 3.87. The minimum Gasteiger partial charge on any atom is -0.482 e. The molecule has 0 atom stereocenters. The average molecular weight is 461 g/mol. The second-order valence-corrected chi connectivity index (χ2v) is 9.40. The van der Waals surface area contributed by atoms with Crippen molar-refractivity contribution in [3.8, 4) is 23.1 Å². The summed E-state index contributed by atoms with van der Waals surface area (Å²) in [4.78, 5) is 12.1. The topological polar surface area (TPSA) is 86.6 Å². The zero-order chi connectivity index (χ0) is 23.6. The number of hydrogen-bond acceptors (Lipinski definition) is 5. The fraction of sp³-hybridized carbons (Fsp3) is 0.261. The standard InChI is InChI=1S/C23H25FN2O5S/c1-6-32(28,29)25-18-7-8-21(31-23-14(2)9-17(24)10-15(23)3)19(11-18)26-13-16(4)20(27)12-22(26)30-5/h7-13,25H,6H2,1-5H3. The van der Waals surface area contributed by atoms with Crippen LogP contribution in [0.15, 0.2) is 47.4 Å². The summed E-state index contributed by atoms with van der Waals surface area (Å²) in [6, 6.07) is 8.85. The molecule has 3 aromatic rings. The Labute approximate surface area is 186 Å². The van der Waals surface area contributed by atoms with E-state index in [0.717, 1.165) is 0 Å². The molecule has 1 heterocycles. The Bertz CT molecular complexity index is 1310. The first-order chi connectivity index (χ1) is 15.0. The number of sulfonamides is 1. The smallest absolute Gasteiger partial charge is 0.232 e. The third-order valence-corrected chi connectivity index (χ3v) is 6.23. The monoisotopic (exact) mass is 460 g/mol. The van der Waals surface area contributed by atoms with Crippen LogP contribution >= 0.6 is 0 Å². The lowest BCUT2D eigenvalue weighted by Gasteiger charge is -2.20. The second-order valence-electron chi connectivity index (χ2n) is 7.39. The molecule has 0 saturated carbocycles. The van der Waals surface area contributed by atoms with Gasteiger partial charge >= 0.3 is 0 Å². The van der Waals surface area contributed by atoms with Gasteiger partial charge in [-0.1, -0.05) is 0 Å². The summed E-state index contributed by atoms with van der Waals surface area (Å²) < 4.78 is 53.6. The quantitative estimate of drug-likeness (QED) is 0.562. The van der Waals surface area contributed by atoms with Gasteiger partial charge in [-0.2, -0.15) is 0 Å². The number of hydrogen-bond donors (Lipinski definition) is 1. The first-order valence-electron chi connectivity index (χ1n) is 9.91. The largest absolute Gasteiger partial charge is 0.482 e. The molecule has 32 heavy (non-hydrogen) atoms. The van der Waals surface area contributed by atoms with Crippen LogP contribution in [0.25, 0.3) is 5.69 Å². The van der Waals surface area contributed by atoms with Crippen LogP contribution < -0.4 is 19.6 Å². The van der Waals surface area contributed by atoms with Gasteiger partial charge in [-0.25, -0.2) is 12.8 Å². The lowest BCUT2D eigenvalue weighted by atomic mass is 10.1. The average Bonchev–Trinajstić information content (AvgIpc) is 2.72. The third kappa shape index (κ3) is 4.94. The number of rotatable bonds is 7. The highest BCUT2D eigenvalue weighted by Gasteiger charge is 2.17. The van der Waals surface area contributed by atoms with Gasteiger partial charge in [0.15, 0.2) is 11.2 Å². The van der Waals surface area contributed by atoms with Crippen molar-refractivity contribution < 1.29 is 22.3 Å². The van der Waals surface area contributed by atoms with E-state index >= 15 is 0 Å². The Morgan fingerprint density at radius 2 is 1.69 bits per heavy atom. The van der Waals surface area contributed by atoms with Gasteiger partial charge in [0.1, 0.15) is 11.6 Å². The molecule has 0 saturated heterocycles. The van der Waals surface area contributed by atoms with Gasteiger partial charge in [0.2, 0.25) is 15.9 Å². The highest BCUT2D eigenvalue weighted by atomic mass is 32.2. The van der Waals surface area contributed by atoms with Crippen molar-refractivity contribution in [2.75, 3.05) is 17.6 Å². The van der Waals surface area contributed by atoms with Crippen LogP contribution in [-0.2, 0) is 10.0 Å². The maximum Gasteiger partial charge on any atom is 0.232 e. The number of ether oxygens (including phenoxy) is 2. The maximum absolute atomic E-state index is 13.7. The fourth-order valence-electron chi connectivity index (χ4n) is 3.24. The van der Waals surface area contributed by atoms with E-state index in [1.807, 2.05) is 0 Å². The van der Waals surface area contributed by atoms with Crippen LogP contribution in [0, 0.1) is 26.6 Å². The summed E-state index contributed by atoms with van der Waals surface area (Å²) in [7, 11) is -2.09.